The van der Waals surface area contributed by atoms with E-state index in [2.05, 4.69) is 29.2 Å². The highest BCUT2D eigenvalue weighted by Gasteiger charge is 2.26. The number of aliphatic hydroxyl groups excluding tert-OH is 1. The van der Waals surface area contributed by atoms with Gasteiger partial charge in [-0.2, -0.15) is 0 Å². The van der Waals surface area contributed by atoms with Crippen molar-refractivity contribution < 1.29 is 13.5 Å². The summed E-state index contributed by atoms with van der Waals surface area (Å²) in [7, 11) is -1.98. The topological polar surface area (TPSA) is 57.6 Å². The van der Waals surface area contributed by atoms with E-state index in [0.717, 1.165) is 68.0 Å². The fourth-order valence-corrected chi connectivity index (χ4v) is 6.31. The number of nitrogens with zero attached hydrogens (tertiary/aromatic N) is 1. The molecule has 0 aromatic rings. The molecule has 2 aliphatic rings. The van der Waals surface area contributed by atoms with Crippen LogP contribution in [0.3, 0.4) is 0 Å². The summed E-state index contributed by atoms with van der Waals surface area (Å²) in [5, 5.41) is 9.02. The molecule has 32 heavy (non-hydrogen) atoms. The highest BCUT2D eigenvalue weighted by atomic mass is 32.2. The highest BCUT2D eigenvalue weighted by molar-refractivity contribution is 7.90. The zero-order chi connectivity index (χ0) is 23.9. The molecule has 0 heterocycles. The molecule has 2 unspecified atom stereocenters. The average Bonchev–Trinajstić information content (AvgIpc) is 3.34. The molecule has 0 saturated carbocycles. The number of unbranched alkanes of at least 4 members (excludes halogenated alkanes) is 3. The van der Waals surface area contributed by atoms with Crippen LogP contribution in [0.5, 0.6) is 0 Å². The molecule has 0 fully saturated rings. The number of rotatable bonds is 12. The Morgan fingerprint density at radius 2 is 1.22 bits per heavy atom. The Morgan fingerprint density at radius 1 is 0.781 bits per heavy atom. The summed E-state index contributed by atoms with van der Waals surface area (Å²) in [6, 6.07) is 0. The van der Waals surface area contributed by atoms with E-state index in [1.54, 1.807) is 0 Å². The number of aliphatic hydroxyl groups is 1. The minimum Gasteiger partial charge on any atom is -0.396 e. The van der Waals surface area contributed by atoms with Crippen LogP contribution in [0.4, 0.5) is 0 Å². The van der Waals surface area contributed by atoms with Crippen molar-refractivity contribution in [3.63, 3.8) is 0 Å². The van der Waals surface area contributed by atoms with Crippen molar-refractivity contribution in [2.75, 3.05) is 26.2 Å². The number of hydrogen-bond acceptors (Lipinski definition) is 4. The molecule has 0 saturated heterocycles. The largest absolute Gasteiger partial charge is 0.396 e. The van der Waals surface area contributed by atoms with Crippen molar-refractivity contribution in [1.29, 1.82) is 0 Å². The second-order valence-corrected chi connectivity index (χ2v) is 15.3. The molecule has 6 heteroatoms. The smallest absolute Gasteiger partial charge is 0.0580 e. The first-order chi connectivity index (χ1) is 14.9. The van der Waals surface area contributed by atoms with Gasteiger partial charge in [-0.15, -0.1) is 0 Å². The molecule has 4 nitrogen and oxygen atoms in total. The molecule has 0 amide bonds. The van der Waals surface area contributed by atoms with Gasteiger partial charge in [-0.05, 0) is 85.9 Å². The van der Waals surface area contributed by atoms with Gasteiger partial charge in [0.05, 0.1) is 21.6 Å². The van der Waals surface area contributed by atoms with Gasteiger partial charge in [-0.25, -0.2) is 0 Å². The van der Waals surface area contributed by atoms with Gasteiger partial charge >= 0.3 is 0 Å². The fraction of sp³-hybridized carbons (Fsp3) is 0.692. The lowest BCUT2D eigenvalue weighted by Crippen LogP contribution is -2.29. The Balaban J connectivity index is 2.03. The average molecular weight is 482 g/mol. The van der Waals surface area contributed by atoms with Crippen LogP contribution in [0.25, 0.3) is 0 Å². The maximum atomic E-state index is 12.7. The Kier molecular flexibility index (Phi) is 10.3. The molecule has 0 aromatic heterocycles. The van der Waals surface area contributed by atoms with Crippen LogP contribution in [0.1, 0.15) is 80.1 Å². The van der Waals surface area contributed by atoms with Gasteiger partial charge in [-0.1, -0.05) is 36.1 Å². The van der Waals surface area contributed by atoms with Crippen LogP contribution >= 0.6 is 0 Å². The summed E-state index contributed by atoms with van der Waals surface area (Å²) in [6.45, 7) is 15.1. The van der Waals surface area contributed by atoms with E-state index < -0.39 is 21.6 Å². The molecule has 182 valence electrons. The standard InChI is InChI=1S/C26H43NO3S2/c1-25(2,3)31(29)23-13-11-21(17-23)19-27(15-9-7-8-10-16-28)20-22-12-14-24(18-22)32(30)26(4,5)6/h13-14,17-18,28H,7-12,15-16,19-20H2,1-6H3. The number of allylic oxidation sites excluding steroid dienone is 4. The maximum absolute atomic E-state index is 12.7. The third kappa shape index (κ3) is 8.51. The first-order valence-electron chi connectivity index (χ1n) is 11.9. The molecule has 2 atom stereocenters. The summed E-state index contributed by atoms with van der Waals surface area (Å²) in [5.74, 6) is 0. The molecule has 0 spiro atoms. The molecule has 0 aromatic carbocycles. The van der Waals surface area contributed by atoms with Gasteiger partial charge in [-0.3, -0.25) is 13.3 Å². The van der Waals surface area contributed by atoms with E-state index in [-0.39, 0.29) is 16.1 Å². The summed E-state index contributed by atoms with van der Waals surface area (Å²) < 4.78 is 25.0. The predicted octanol–water partition coefficient (Wildman–Crippen LogP) is 5.36. The zero-order valence-electron chi connectivity index (χ0n) is 20.9. The van der Waals surface area contributed by atoms with Crippen molar-refractivity contribution in [2.24, 2.45) is 0 Å². The molecular formula is C26H43NO3S2. The van der Waals surface area contributed by atoms with Crippen LogP contribution in [0, 0.1) is 0 Å². The Morgan fingerprint density at radius 3 is 1.62 bits per heavy atom. The monoisotopic (exact) mass is 481 g/mol. The van der Waals surface area contributed by atoms with Crippen molar-refractivity contribution in [3.05, 3.63) is 45.3 Å². The van der Waals surface area contributed by atoms with Crippen LogP contribution in [-0.4, -0.2) is 54.2 Å². The summed E-state index contributed by atoms with van der Waals surface area (Å²) in [6.07, 6.45) is 14.4. The molecule has 0 aliphatic heterocycles. The summed E-state index contributed by atoms with van der Waals surface area (Å²) in [4.78, 5) is 4.39. The summed E-state index contributed by atoms with van der Waals surface area (Å²) in [5.41, 5.74) is 2.64. The molecule has 0 bridgehead atoms. The van der Waals surface area contributed by atoms with Crippen molar-refractivity contribution in [3.8, 4) is 0 Å². The second kappa shape index (κ2) is 12.0. The van der Waals surface area contributed by atoms with Gasteiger partial charge in [0.15, 0.2) is 0 Å². The van der Waals surface area contributed by atoms with Crippen molar-refractivity contribution >= 4 is 21.6 Å². The van der Waals surface area contributed by atoms with Crippen LogP contribution in [-0.2, 0) is 21.6 Å². The first kappa shape index (κ1) is 27.4. The van der Waals surface area contributed by atoms with E-state index in [4.69, 9.17) is 5.11 Å². The fourth-order valence-electron chi connectivity index (χ4n) is 3.88. The van der Waals surface area contributed by atoms with E-state index in [1.165, 1.54) is 11.1 Å². The SMILES string of the molecule is CC(C)(C)S(=O)C1=CCC(CN(CCCCCCO)CC2=CC(S(=O)C(C)(C)C)=CC2)=C1. The van der Waals surface area contributed by atoms with Gasteiger partial charge < -0.3 is 5.11 Å². The second-order valence-electron chi connectivity index (χ2n) is 10.8. The van der Waals surface area contributed by atoms with E-state index in [0.29, 0.717) is 0 Å². The lowest BCUT2D eigenvalue weighted by Gasteiger charge is -2.24. The third-order valence-corrected chi connectivity index (χ3v) is 9.25. The minimum atomic E-state index is -0.991. The lowest BCUT2D eigenvalue weighted by molar-refractivity contribution is 0.276. The zero-order valence-corrected chi connectivity index (χ0v) is 22.5. The molecular weight excluding hydrogens is 438 g/mol. The quantitative estimate of drug-likeness (QED) is 0.381. The molecule has 0 radical (unpaired) electrons. The van der Waals surface area contributed by atoms with E-state index >= 15 is 0 Å². The highest BCUT2D eigenvalue weighted by Crippen LogP contribution is 2.29. The van der Waals surface area contributed by atoms with Gasteiger partial charge in [0, 0.05) is 39.0 Å². The molecule has 1 N–H and O–H groups in total. The normalized spacial score (nSPS) is 19.0. The van der Waals surface area contributed by atoms with Crippen LogP contribution in [0.2, 0.25) is 0 Å². The Hall–Kier alpha value is -0.820. The van der Waals surface area contributed by atoms with Crippen molar-refractivity contribution in [2.45, 2.75) is 89.6 Å². The Labute approximate surface area is 200 Å². The summed E-state index contributed by atoms with van der Waals surface area (Å²) >= 11 is 0. The van der Waals surface area contributed by atoms with Gasteiger partial charge in [0.2, 0.25) is 0 Å². The third-order valence-electron chi connectivity index (χ3n) is 5.60. The molecule has 2 aliphatic carbocycles. The first-order valence-corrected chi connectivity index (χ1v) is 14.2. The predicted molar refractivity (Wildman–Crippen MR) is 139 cm³/mol. The van der Waals surface area contributed by atoms with E-state index in [1.807, 2.05) is 41.5 Å². The van der Waals surface area contributed by atoms with Crippen molar-refractivity contribution in [1.82, 2.24) is 4.90 Å². The van der Waals surface area contributed by atoms with Crippen LogP contribution in [0.15, 0.2) is 45.3 Å². The molecule has 2 rings (SSSR count). The van der Waals surface area contributed by atoms with E-state index in [9.17, 15) is 8.42 Å². The van der Waals surface area contributed by atoms with Gasteiger partial charge in [0.25, 0.3) is 0 Å². The van der Waals surface area contributed by atoms with Crippen LogP contribution < -0.4 is 0 Å². The lowest BCUT2D eigenvalue weighted by atomic mass is 10.1. The number of hydrogen-bond donors (Lipinski definition) is 1. The maximum Gasteiger partial charge on any atom is 0.0580 e. The Bertz CT molecular complexity index is 761. The minimum absolute atomic E-state index is 0.246. The van der Waals surface area contributed by atoms with Gasteiger partial charge in [0.1, 0.15) is 0 Å².